The second kappa shape index (κ2) is 7.87. The number of rotatable bonds is 7. The molecule has 4 nitrogen and oxygen atoms in total. The molecule has 0 bridgehead atoms. The van der Waals surface area contributed by atoms with Crippen molar-refractivity contribution in [1.82, 2.24) is 4.90 Å². The van der Waals surface area contributed by atoms with Crippen LogP contribution in [0.15, 0.2) is 36.4 Å². The Morgan fingerprint density at radius 2 is 2.08 bits per heavy atom. The molecule has 2 aromatic rings. The van der Waals surface area contributed by atoms with E-state index in [9.17, 15) is 4.79 Å². The van der Waals surface area contributed by atoms with Crippen LogP contribution in [0.4, 0.5) is 0 Å². The molecule has 0 aliphatic carbocycles. The van der Waals surface area contributed by atoms with Crippen LogP contribution in [0.25, 0.3) is 10.8 Å². The van der Waals surface area contributed by atoms with Gasteiger partial charge in [0.2, 0.25) is 0 Å². The third-order valence-corrected chi connectivity index (χ3v) is 4.83. The van der Waals surface area contributed by atoms with Crippen molar-refractivity contribution in [2.75, 3.05) is 20.2 Å². The third-order valence-electron chi connectivity index (χ3n) is 4.83. The summed E-state index contributed by atoms with van der Waals surface area (Å²) in [6, 6.07) is 12.8. The molecular weight excluding hydrogens is 314 g/mol. The molecule has 0 N–H and O–H groups in total. The number of ether oxygens (including phenoxy) is 2. The van der Waals surface area contributed by atoms with Gasteiger partial charge in [-0.3, -0.25) is 9.69 Å². The molecule has 0 radical (unpaired) electrons. The summed E-state index contributed by atoms with van der Waals surface area (Å²) in [4.78, 5) is 13.7. The zero-order chi connectivity index (χ0) is 17.8. The maximum Gasteiger partial charge on any atom is 0.311 e. The van der Waals surface area contributed by atoms with Crippen molar-refractivity contribution in [3.63, 3.8) is 0 Å². The third kappa shape index (κ3) is 4.13. The Kier molecular flexibility index (Phi) is 5.59. The van der Waals surface area contributed by atoms with Gasteiger partial charge >= 0.3 is 5.97 Å². The quantitative estimate of drug-likeness (QED) is 0.713. The van der Waals surface area contributed by atoms with Crippen molar-refractivity contribution in [1.29, 1.82) is 0 Å². The molecule has 0 saturated carbocycles. The molecule has 2 aromatic carbocycles. The fourth-order valence-electron chi connectivity index (χ4n) is 3.46. The van der Waals surface area contributed by atoms with Gasteiger partial charge in [-0.25, -0.2) is 0 Å². The number of fused-ring (bicyclic) bond motifs is 1. The van der Waals surface area contributed by atoms with E-state index in [4.69, 9.17) is 9.47 Å². The molecule has 1 saturated heterocycles. The molecule has 1 heterocycles. The maximum absolute atomic E-state index is 11.5. The minimum absolute atomic E-state index is 0.0329. The molecule has 0 amide bonds. The predicted molar refractivity (Wildman–Crippen MR) is 99.7 cm³/mol. The van der Waals surface area contributed by atoms with Crippen molar-refractivity contribution >= 4 is 16.7 Å². The van der Waals surface area contributed by atoms with Gasteiger partial charge in [-0.2, -0.15) is 0 Å². The fraction of sp³-hybridized carbons (Fsp3) is 0.476. The number of nitrogens with zero attached hydrogens (tertiary/aromatic N) is 1. The van der Waals surface area contributed by atoms with Gasteiger partial charge < -0.3 is 9.47 Å². The van der Waals surface area contributed by atoms with Crippen LogP contribution in [0.2, 0.25) is 0 Å². The first-order valence-corrected chi connectivity index (χ1v) is 9.09. The lowest BCUT2D eigenvalue weighted by atomic mass is 9.98. The molecule has 1 aliphatic rings. The number of methoxy groups -OCH3 is 1. The number of esters is 1. The smallest absolute Gasteiger partial charge is 0.311 e. The Bertz CT molecular complexity index is 737. The summed E-state index contributed by atoms with van der Waals surface area (Å²) in [5.74, 6) is 0.892. The average molecular weight is 341 g/mol. The minimum atomic E-state index is -0.0993. The topological polar surface area (TPSA) is 38.8 Å². The van der Waals surface area contributed by atoms with Gasteiger partial charge in [0.15, 0.2) is 0 Å². The highest BCUT2D eigenvalue weighted by molar-refractivity contribution is 5.88. The van der Waals surface area contributed by atoms with Crippen LogP contribution in [0, 0.1) is 5.92 Å². The summed E-state index contributed by atoms with van der Waals surface area (Å²) >= 11 is 0. The highest BCUT2D eigenvalue weighted by Gasteiger charge is 2.33. The molecule has 0 aromatic heterocycles. The van der Waals surface area contributed by atoms with Crippen LogP contribution in [0.1, 0.15) is 32.3 Å². The monoisotopic (exact) mass is 341 g/mol. The first-order valence-electron chi connectivity index (χ1n) is 9.09. The Balaban J connectivity index is 1.68. The molecule has 3 rings (SSSR count). The maximum atomic E-state index is 11.5. The van der Waals surface area contributed by atoms with Gasteiger partial charge in [-0.05, 0) is 36.4 Å². The number of benzene rings is 2. The van der Waals surface area contributed by atoms with Gasteiger partial charge in [0.05, 0.1) is 19.1 Å². The lowest BCUT2D eigenvalue weighted by Crippen LogP contribution is -2.49. The molecule has 0 unspecified atom stereocenters. The number of carbonyl (C=O) groups excluding carboxylic acids is 1. The number of hydrogen-bond donors (Lipinski definition) is 0. The number of likely N-dealkylation sites (tertiary alicyclic amines) is 1. The van der Waals surface area contributed by atoms with Gasteiger partial charge in [0, 0.05) is 25.0 Å². The summed E-state index contributed by atoms with van der Waals surface area (Å²) in [6.07, 6.45) is 2.41. The first kappa shape index (κ1) is 17.7. The largest absolute Gasteiger partial charge is 0.490 e. The van der Waals surface area contributed by atoms with E-state index in [-0.39, 0.29) is 18.0 Å². The zero-order valence-corrected chi connectivity index (χ0v) is 15.3. The van der Waals surface area contributed by atoms with Gasteiger partial charge in [0.1, 0.15) is 5.75 Å². The molecule has 1 aliphatic heterocycles. The van der Waals surface area contributed by atoms with Crippen molar-refractivity contribution < 1.29 is 14.3 Å². The molecule has 1 fully saturated rings. The predicted octanol–water partition coefficient (Wildman–Crippen LogP) is 4.01. The summed E-state index contributed by atoms with van der Waals surface area (Å²) in [7, 11) is 1.45. The Morgan fingerprint density at radius 1 is 1.28 bits per heavy atom. The van der Waals surface area contributed by atoms with Crippen LogP contribution in [0.3, 0.4) is 0 Å². The van der Waals surface area contributed by atoms with Crippen molar-refractivity contribution in [2.45, 2.75) is 39.3 Å². The van der Waals surface area contributed by atoms with E-state index in [1.165, 1.54) is 18.1 Å². The van der Waals surface area contributed by atoms with Crippen molar-refractivity contribution in [3.05, 3.63) is 42.0 Å². The van der Waals surface area contributed by atoms with E-state index in [0.717, 1.165) is 43.6 Å². The van der Waals surface area contributed by atoms with E-state index in [0.29, 0.717) is 0 Å². The first-order chi connectivity index (χ1) is 12.1. The lowest BCUT2D eigenvalue weighted by molar-refractivity contribution is -0.151. The second-order valence-electron chi connectivity index (χ2n) is 6.94. The summed E-state index contributed by atoms with van der Waals surface area (Å²) < 4.78 is 10.9. The highest BCUT2D eigenvalue weighted by atomic mass is 16.5. The zero-order valence-electron chi connectivity index (χ0n) is 15.3. The molecular formula is C21H27NO3. The van der Waals surface area contributed by atoms with Gasteiger partial charge in [-0.1, -0.05) is 37.6 Å². The Morgan fingerprint density at radius 3 is 2.80 bits per heavy atom. The van der Waals surface area contributed by atoms with E-state index in [2.05, 4.69) is 49.1 Å². The molecule has 134 valence electrons. The van der Waals surface area contributed by atoms with E-state index in [1.807, 2.05) is 6.07 Å². The number of carbonyl (C=O) groups is 1. The van der Waals surface area contributed by atoms with Crippen LogP contribution in [0.5, 0.6) is 5.75 Å². The minimum Gasteiger partial charge on any atom is -0.490 e. The normalized spacial score (nSPS) is 16.4. The molecule has 25 heavy (non-hydrogen) atoms. The van der Waals surface area contributed by atoms with Crippen LogP contribution < -0.4 is 4.74 Å². The number of hydrogen-bond acceptors (Lipinski definition) is 4. The Hall–Kier alpha value is -2.07. The summed E-state index contributed by atoms with van der Waals surface area (Å²) in [5.41, 5.74) is 1.26. The highest BCUT2D eigenvalue weighted by Crippen LogP contribution is 2.29. The molecule has 1 atom stereocenters. The van der Waals surface area contributed by atoms with Crippen molar-refractivity contribution in [2.24, 2.45) is 5.92 Å². The van der Waals surface area contributed by atoms with Crippen LogP contribution in [-0.2, 0) is 16.1 Å². The summed E-state index contributed by atoms with van der Waals surface area (Å²) in [6.45, 7) is 6.72. The fourth-order valence-corrected chi connectivity index (χ4v) is 3.46. The SMILES string of the molecule is CCC[C@@H](C)Oc1cccc2cc(CN3CC(C(=O)OC)C3)ccc12. The Labute approximate surface area is 149 Å². The van der Waals surface area contributed by atoms with Crippen LogP contribution >= 0.6 is 0 Å². The average Bonchev–Trinajstić information content (AvgIpc) is 2.57. The summed E-state index contributed by atoms with van der Waals surface area (Å²) in [5, 5.41) is 2.36. The lowest BCUT2D eigenvalue weighted by Gasteiger charge is -2.37. The van der Waals surface area contributed by atoms with E-state index in [1.54, 1.807) is 0 Å². The van der Waals surface area contributed by atoms with Crippen LogP contribution in [-0.4, -0.2) is 37.2 Å². The van der Waals surface area contributed by atoms with Crippen molar-refractivity contribution in [3.8, 4) is 5.75 Å². The molecule has 4 heteroatoms. The van der Waals surface area contributed by atoms with Gasteiger partial charge in [0.25, 0.3) is 0 Å². The molecule has 0 spiro atoms. The second-order valence-corrected chi connectivity index (χ2v) is 6.94. The van der Waals surface area contributed by atoms with E-state index >= 15 is 0 Å². The standard InChI is InChI=1S/C21H27NO3/c1-4-6-15(2)25-20-8-5-7-17-11-16(9-10-19(17)20)12-22-13-18(14-22)21(23)24-3/h5,7-11,15,18H,4,6,12-14H2,1-3H3/t15-/m1/s1. The van der Waals surface area contributed by atoms with E-state index < -0.39 is 0 Å². The van der Waals surface area contributed by atoms with Gasteiger partial charge in [-0.15, -0.1) is 0 Å².